The van der Waals surface area contributed by atoms with E-state index in [9.17, 15) is 0 Å². The van der Waals surface area contributed by atoms with Crippen molar-refractivity contribution in [3.8, 4) is 0 Å². The van der Waals surface area contributed by atoms with Crippen molar-refractivity contribution >= 4 is 10.8 Å². The van der Waals surface area contributed by atoms with Crippen LogP contribution in [0.5, 0.6) is 0 Å². The molecule has 2 aromatic carbocycles. The van der Waals surface area contributed by atoms with E-state index in [1.807, 2.05) is 0 Å². The van der Waals surface area contributed by atoms with Crippen LogP contribution in [0.4, 0.5) is 0 Å². The molecule has 0 aromatic heterocycles. The highest BCUT2D eigenvalue weighted by atomic mass is 16.7. The highest BCUT2D eigenvalue weighted by molar-refractivity contribution is 5.85. The van der Waals surface area contributed by atoms with Gasteiger partial charge in [0.15, 0.2) is 5.79 Å². The van der Waals surface area contributed by atoms with Gasteiger partial charge in [-0.1, -0.05) is 55.3 Å². The third kappa shape index (κ3) is 3.71. The lowest BCUT2D eigenvalue weighted by atomic mass is 9.91. The third-order valence-electron chi connectivity index (χ3n) is 6.76. The average molecular weight is 382 g/mol. The van der Waals surface area contributed by atoms with Crippen molar-refractivity contribution in [3.05, 3.63) is 48.0 Å². The van der Waals surface area contributed by atoms with Gasteiger partial charge in [-0.05, 0) is 35.6 Å². The summed E-state index contributed by atoms with van der Waals surface area (Å²) in [5.41, 5.74) is 1.39. The number of rotatable bonds is 5. The minimum atomic E-state index is -0.328. The zero-order valence-electron chi connectivity index (χ0n) is 16.6. The van der Waals surface area contributed by atoms with Gasteiger partial charge in [0.2, 0.25) is 0 Å². The van der Waals surface area contributed by atoms with Crippen molar-refractivity contribution in [2.75, 3.05) is 32.9 Å². The Hall–Kier alpha value is -1.46. The Morgan fingerprint density at radius 3 is 2.75 bits per heavy atom. The number of hydrogen-bond donors (Lipinski definition) is 0. The molecule has 1 aliphatic carbocycles. The summed E-state index contributed by atoms with van der Waals surface area (Å²) in [7, 11) is 0. The second-order valence-electron chi connectivity index (χ2n) is 8.48. The van der Waals surface area contributed by atoms with Crippen LogP contribution in [0.3, 0.4) is 0 Å². The van der Waals surface area contributed by atoms with E-state index in [-0.39, 0.29) is 5.79 Å². The molecule has 0 bridgehead atoms. The van der Waals surface area contributed by atoms with E-state index in [4.69, 9.17) is 14.2 Å². The number of benzene rings is 2. The van der Waals surface area contributed by atoms with Gasteiger partial charge in [0.1, 0.15) is 0 Å². The standard InChI is InChI=1S/C24H31NO3/c1-2-9-21-19(6-1)7-5-8-20(21)12-15-26-23-11-4-3-10-22(23)25-14-13-24(18-25)27-16-17-28-24/h1-2,5-9,22-23H,3-4,10-18H2/t22-,23-/m1/s1. The SMILES string of the molecule is c1ccc2c(CCO[C@@H]3CCCC[C@H]3N3CCC4(C3)OCCO4)cccc2c1. The lowest BCUT2D eigenvalue weighted by Gasteiger charge is -2.38. The molecule has 1 saturated carbocycles. The van der Waals surface area contributed by atoms with E-state index >= 15 is 0 Å². The van der Waals surface area contributed by atoms with Crippen LogP contribution in [0, 0.1) is 0 Å². The van der Waals surface area contributed by atoms with Crippen LogP contribution in [0.1, 0.15) is 37.7 Å². The highest BCUT2D eigenvalue weighted by Gasteiger charge is 2.46. The third-order valence-corrected chi connectivity index (χ3v) is 6.76. The first-order valence-corrected chi connectivity index (χ1v) is 10.9. The summed E-state index contributed by atoms with van der Waals surface area (Å²) < 4.78 is 18.4. The van der Waals surface area contributed by atoms with E-state index in [0.717, 1.165) is 45.8 Å². The first-order chi connectivity index (χ1) is 13.8. The summed E-state index contributed by atoms with van der Waals surface area (Å²) in [4.78, 5) is 2.58. The first kappa shape index (κ1) is 18.6. The second-order valence-corrected chi connectivity index (χ2v) is 8.48. The maximum Gasteiger partial charge on any atom is 0.182 e. The smallest absolute Gasteiger partial charge is 0.182 e. The molecule has 4 heteroatoms. The molecule has 150 valence electrons. The fourth-order valence-electron chi connectivity index (χ4n) is 5.32. The summed E-state index contributed by atoms with van der Waals surface area (Å²) in [6, 6.07) is 15.7. The van der Waals surface area contributed by atoms with E-state index in [2.05, 4.69) is 47.4 Å². The monoisotopic (exact) mass is 381 g/mol. The molecule has 0 radical (unpaired) electrons. The molecule has 2 atom stereocenters. The van der Waals surface area contributed by atoms with E-state index in [1.54, 1.807) is 0 Å². The van der Waals surface area contributed by atoms with Crippen molar-refractivity contribution in [2.45, 2.75) is 56.5 Å². The van der Waals surface area contributed by atoms with Crippen molar-refractivity contribution in [1.29, 1.82) is 0 Å². The average Bonchev–Trinajstić information content (AvgIpc) is 3.38. The molecule has 2 heterocycles. The normalized spacial score (nSPS) is 27.7. The predicted molar refractivity (Wildman–Crippen MR) is 110 cm³/mol. The largest absolute Gasteiger partial charge is 0.376 e. The maximum atomic E-state index is 6.49. The van der Waals surface area contributed by atoms with E-state index < -0.39 is 0 Å². The minimum absolute atomic E-state index is 0.328. The van der Waals surface area contributed by atoms with Crippen molar-refractivity contribution in [1.82, 2.24) is 4.90 Å². The zero-order valence-corrected chi connectivity index (χ0v) is 16.6. The van der Waals surface area contributed by atoms with Crippen molar-refractivity contribution < 1.29 is 14.2 Å². The highest BCUT2D eigenvalue weighted by Crippen LogP contribution is 2.35. The Bertz CT molecular complexity index is 796. The molecule has 2 saturated heterocycles. The van der Waals surface area contributed by atoms with Gasteiger partial charge in [-0.15, -0.1) is 0 Å². The minimum Gasteiger partial charge on any atom is -0.376 e. The fraction of sp³-hybridized carbons (Fsp3) is 0.583. The summed E-state index contributed by atoms with van der Waals surface area (Å²) in [6.45, 7) is 4.24. The number of nitrogens with zero attached hydrogens (tertiary/aromatic N) is 1. The van der Waals surface area contributed by atoms with Gasteiger partial charge in [-0.25, -0.2) is 0 Å². The lowest BCUT2D eigenvalue weighted by molar-refractivity contribution is -0.149. The number of fused-ring (bicyclic) bond motifs is 1. The van der Waals surface area contributed by atoms with E-state index in [0.29, 0.717) is 12.1 Å². The van der Waals surface area contributed by atoms with Crippen LogP contribution in [0.2, 0.25) is 0 Å². The van der Waals surface area contributed by atoms with Crippen LogP contribution in [0.25, 0.3) is 10.8 Å². The topological polar surface area (TPSA) is 30.9 Å². The molecule has 1 spiro atoms. The van der Waals surface area contributed by atoms with Gasteiger partial charge in [0, 0.05) is 19.0 Å². The first-order valence-electron chi connectivity index (χ1n) is 10.9. The van der Waals surface area contributed by atoms with Crippen molar-refractivity contribution in [3.63, 3.8) is 0 Å². The van der Waals surface area contributed by atoms with Crippen LogP contribution >= 0.6 is 0 Å². The van der Waals surface area contributed by atoms with Crippen LogP contribution in [0.15, 0.2) is 42.5 Å². The predicted octanol–water partition coefficient (Wildman–Crippen LogP) is 4.16. The molecule has 0 N–H and O–H groups in total. The van der Waals surface area contributed by atoms with E-state index in [1.165, 1.54) is 42.0 Å². The van der Waals surface area contributed by atoms with Gasteiger partial charge in [-0.2, -0.15) is 0 Å². The molecule has 28 heavy (non-hydrogen) atoms. The second kappa shape index (κ2) is 8.11. The summed E-state index contributed by atoms with van der Waals surface area (Å²) >= 11 is 0. The lowest BCUT2D eigenvalue weighted by Crippen LogP contribution is -2.47. The number of likely N-dealkylation sites (tertiary alicyclic amines) is 1. The molecule has 3 aliphatic rings. The zero-order chi connectivity index (χ0) is 18.8. The quantitative estimate of drug-likeness (QED) is 0.778. The number of ether oxygens (including phenoxy) is 3. The molecule has 0 amide bonds. The van der Waals surface area contributed by atoms with Crippen molar-refractivity contribution in [2.24, 2.45) is 0 Å². The molecule has 2 aliphatic heterocycles. The Morgan fingerprint density at radius 2 is 1.82 bits per heavy atom. The van der Waals surface area contributed by atoms with Crippen LogP contribution in [-0.2, 0) is 20.6 Å². The molecule has 5 rings (SSSR count). The van der Waals surface area contributed by atoms with Gasteiger partial charge in [0.25, 0.3) is 0 Å². The van der Waals surface area contributed by atoms with Gasteiger partial charge in [0.05, 0.1) is 32.5 Å². The molecular formula is C24H31NO3. The summed E-state index contributed by atoms with van der Waals surface area (Å²) in [5.74, 6) is -0.328. The van der Waals surface area contributed by atoms with Crippen LogP contribution < -0.4 is 0 Å². The van der Waals surface area contributed by atoms with Gasteiger partial charge in [-0.3, -0.25) is 4.90 Å². The maximum absolute atomic E-state index is 6.49. The molecule has 2 aromatic rings. The van der Waals surface area contributed by atoms with Gasteiger partial charge < -0.3 is 14.2 Å². The Kier molecular flexibility index (Phi) is 5.38. The van der Waals surface area contributed by atoms with Crippen LogP contribution in [-0.4, -0.2) is 55.7 Å². The molecule has 4 nitrogen and oxygen atoms in total. The summed E-state index contributed by atoms with van der Waals surface area (Å²) in [5, 5.41) is 2.67. The molecule has 0 unspecified atom stereocenters. The number of hydrogen-bond acceptors (Lipinski definition) is 4. The molecular weight excluding hydrogens is 350 g/mol. The molecule has 3 fully saturated rings. The Balaban J connectivity index is 1.21. The Labute approximate surface area is 167 Å². The summed E-state index contributed by atoms with van der Waals surface area (Å²) in [6.07, 6.45) is 7.29. The van der Waals surface area contributed by atoms with Gasteiger partial charge >= 0.3 is 0 Å². The fourth-order valence-corrected chi connectivity index (χ4v) is 5.32. The Morgan fingerprint density at radius 1 is 1.00 bits per heavy atom.